The molecule has 2 N–H and O–H groups in total. The number of aryl methyl sites for hydroxylation is 1. The lowest BCUT2D eigenvalue weighted by Crippen LogP contribution is -2.34. The van der Waals surface area contributed by atoms with E-state index in [2.05, 4.69) is 37.4 Å². The van der Waals surface area contributed by atoms with Crippen LogP contribution in [0.2, 0.25) is 0 Å². The molecule has 0 saturated heterocycles. The Balaban J connectivity index is 2.03. The number of hydrogen-bond acceptors (Lipinski definition) is 3. The fraction of sp³-hybridized carbons (Fsp3) is 0.800. The Morgan fingerprint density at radius 3 is 2.79 bits per heavy atom. The Morgan fingerprint density at radius 2 is 2.16 bits per heavy atom. The average molecular weight is 265 g/mol. The van der Waals surface area contributed by atoms with Gasteiger partial charge in [-0.15, -0.1) is 0 Å². The van der Waals surface area contributed by atoms with E-state index >= 15 is 0 Å². The first kappa shape index (κ1) is 14.5. The van der Waals surface area contributed by atoms with Gasteiger partial charge < -0.3 is 10.4 Å². The van der Waals surface area contributed by atoms with Gasteiger partial charge in [0.15, 0.2) is 0 Å². The van der Waals surface area contributed by atoms with Crippen molar-refractivity contribution in [2.45, 2.75) is 58.0 Å². The summed E-state index contributed by atoms with van der Waals surface area (Å²) < 4.78 is 1.90. The summed E-state index contributed by atoms with van der Waals surface area (Å²) in [5.74, 6) is 0.426. The summed E-state index contributed by atoms with van der Waals surface area (Å²) in [6.07, 6.45) is 5.65. The zero-order valence-corrected chi connectivity index (χ0v) is 12.6. The third-order valence-corrected chi connectivity index (χ3v) is 4.06. The second-order valence-corrected chi connectivity index (χ2v) is 6.79. The van der Waals surface area contributed by atoms with Gasteiger partial charge in [-0.1, -0.05) is 27.2 Å². The minimum Gasteiger partial charge on any atom is -0.396 e. The molecule has 0 radical (unpaired) electrons. The van der Waals surface area contributed by atoms with Gasteiger partial charge in [-0.3, -0.25) is 4.68 Å². The molecule has 1 fully saturated rings. The molecule has 2 rings (SSSR count). The number of aliphatic hydroxyl groups excluding tert-OH is 1. The van der Waals surface area contributed by atoms with Crippen LogP contribution in [-0.2, 0) is 19.0 Å². The molecule has 4 heteroatoms. The Bertz CT molecular complexity index is 420. The Hall–Kier alpha value is -0.870. The zero-order chi connectivity index (χ0) is 14.0. The second kappa shape index (κ2) is 5.63. The van der Waals surface area contributed by atoms with Crippen LogP contribution in [0.5, 0.6) is 0 Å². The van der Waals surface area contributed by atoms with Crippen LogP contribution >= 0.6 is 0 Å². The predicted molar refractivity (Wildman–Crippen MR) is 77.0 cm³/mol. The van der Waals surface area contributed by atoms with Crippen molar-refractivity contribution in [2.24, 2.45) is 13.0 Å². The first-order valence-corrected chi connectivity index (χ1v) is 7.29. The van der Waals surface area contributed by atoms with E-state index in [0.29, 0.717) is 18.6 Å². The lowest BCUT2D eigenvalue weighted by Gasteiger charge is -2.21. The molecular weight excluding hydrogens is 238 g/mol. The van der Waals surface area contributed by atoms with Gasteiger partial charge in [0, 0.05) is 43.4 Å². The summed E-state index contributed by atoms with van der Waals surface area (Å²) in [5.41, 5.74) is 2.52. The van der Waals surface area contributed by atoms with Gasteiger partial charge in [0.25, 0.3) is 0 Å². The van der Waals surface area contributed by atoms with Gasteiger partial charge in [-0.25, -0.2) is 0 Å². The average Bonchev–Trinajstić information content (AvgIpc) is 2.91. The molecule has 0 amide bonds. The number of hydrogen-bond donors (Lipinski definition) is 2. The molecule has 2 atom stereocenters. The van der Waals surface area contributed by atoms with Crippen molar-refractivity contribution in [3.8, 4) is 0 Å². The molecular formula is C15H27N3O. The molecule has 1 aromatic heterocycles. The van der Waals surface area contributed by atoms with Gasteiger partial charge in [0.1, 0.15) is 0 Å². The fourth-order valence-corrected chi connectivity index (χ4v) is 3.06. The molecule has 0 bridgehead atoms. The van der Waals surface area contributed by atoms with Crippen LogP contribution in [0.1, 0.15) is 51.3 Å². The Morgan fingerprint density at radius 1 is 1.42 bits per heavy atom. The van der Waals surface area contributed by atoms with Crippen LogP contribution in [0.3, 0.4) is 0 Å². The second-order valence-electron chi connectivity index (χ2n) is 6.79. The summed E-state index contributed by atoms with van der Waals surface area (Å²) >= 11 is 0. The molecule has 19 heavy (non-hydrogen) atoms. The van der Waals surface area contributed by atoms with Gasteiger partial charge in [0.2, 0.25) is 0 Å². The molecule has 0 aliphatic heterocycles. The van der Waals surface area contributed by atoms with E-state index in [1.807, 2.05) is 11.7 Å². The highest BCUT2D eigenvalue weighted by Gasteiger charge is 2.27. The molecule has 1 aliphatic carbocycles. The summed E-state index contributed by atoms with van der Waals surface area (Å²) in [7, 11) is 1.98. The zero-order valence-electron chi connectivity index (χ0n) is 12.6. The molecule has 108 valence electrons. The van der Waals surface area contributed by atoms with Crippen LogP contribution in [0.4, 0.5) is 0 Å². The van der Waals surface area contributed by atoms with Crippen molar-refractivity contribution in [1.29, 1.82) is 0 Å². The SMILES string of the molecule is Cn1cc(CNC2CCCC2CO)c(C(C)(C)C)n1. The van der Waals surface area contributed by atoms with E-state index in [1.165, 1.54) is 24.1 Å². The Kier molecular flexibility index (Phi) is 4.31. The summed E-state index contributed by atoms with van der Waals surface area (Å²) in [5, 5.41) is 17.6. The lowest BCUT2D eigenvalue weighted by molar-refractivity contribution is 0.205. The highest BCUT2D eigenvalue weighted by Crippen LogP contribution is 2.27. The van der Waals surface area contributed by atoms with Crippen molar-refractivity contribution >= 4 is 0 Å². The standard InChI is InChI=1S/C15H27N3O/c1-15(2,3)14-12(9-18(4)17-14)8-16-13-7-5-6-11(13)10-19/h9,11,13,16,19H,5-8,10H2,1-4H3. The smallest absolute Gasteiger partial charge is 0.0722 e. The van der Waals surface area contributed by atoms with Crippen LogP contribution < -0.4 is 5.32 Å². The summed E-state index contributed by atoms with van der Waals surface area (Å²) in [6, 6.07) is 0.457. The van der Waals surface area contributed by atoms with E-state index in [9.17, 15) is 5.11 Å². The molecule has 0 aromatic carbocycles. The quantitative estimate of drug-likeness (QED) is 0.875. The maximum atomic E-state index is 9.37. The first-order chi connectivity index (χ1) is 8.91. The van der Waals surface area contributed by atoms with Gasteiger partial charge in [0.05, 0.1) is 5.69 Å². The number of nitrogens with zero attached hydrogens (tertiary/aromatic N) is 2. The third kappa shape index (κ3) is 3.37. The summed E-state index contributed by atoms with van der Waals surface area (Å²) in [6.45, 7) is 7.75. The van der Waals surface area contributed by atoms with Crippen molar-refractivity contribution in [2.75, 3.05) is 6.61 Å². The van der Waals surface area contributed by atoms with Gasteiger partial charge in [-0.2, -0.15) is 5.10 Å². The number of aromatic nitrogens is 2. The topological polar surface area (TPSA) is 50.1 Å². The van der Waals surface area contributed by atoms with Crippen molar-refractivity contribution in [3.05, 3.63) is 17.5 Å². The highest BCUT2D eigenvalue weighted by atomic mass is 16.3. The van der Waals surface area contributed by atoms with Gasteiger partial charge >= 0.3 is 0 Å². The maximum Gasteiger partial charge on any atom is 0.0722 e. The predicted octanol–water partition coefficient (Wildman–Crippen LogP) is 1.97. The molecule has 0 spiro atoms. The molecule has 1 heterocycles. The normalized spacial score (nSPS) is 24.1. The lowest BCUT2D eigenvalue weighted by atomic mass is 9.89. The van der Waals surface area contributed by atoms with Crippen LogP contribution in [0.15, 0.2) is 6.20 Å². The van der Waals surface area contributed by atoms with Crippen LogP contribution in [0.25, 0.3) is 0 Å². The summed E-state index contributed by atoms with van der Waals surface area (Å²) in [4.78, 5) is 0. The number of aliphatic hydroxyl groups is 1. The minimum atomic E-state index is 0.0737. The fourth-order valence-electron chi connectivity index (χ4n) is 3.06. The van der Waals surface area contributed by atoms with Crippen molar-refractivity contribution in [1.82, 2.24) is 15.1 Å². The van der Waals surface area contributed by atoms with E-state index in [4.69, 9.17) is 0 Å². The molecule has 4 nitrogen and oxygen atoms in total. The molecule has 2 unspecified atom stereocenters. The number of nitrogens with one attached hydrogen (secondary N) is 1. The van der Waals surface area contributed by atoms with Crippen molar-refractivity contribution in [3.63, 3.8) is 0 Å². The van der Waals surface area contributed by atoms with Crippen LogP contribution in [-0.4, -0.2) is 27.5 Å². The molecule has 1 aromatic rings. The Labute approximate surface area is 116 Å². The highest BCUT2D eigenvalue weighted by molar-refractivity contribution is 5.24. The van der Waals surface area contributed by atoms with Gasteiger partial charge in [-0.05, 0) is 18.8 Å². The maximum absolute atomic E-state index is 9.37. The van der Waals surface area contributed by atoms with Crippen molar-refractivity contribution < 1.29 is 5.11 Å². The monoisotopic (exact) mass is 265 g/mol. The van der Waals surface area contributed by atoms with E-state index in [1.54, 1.807) is 0 Å². The molecule has 1 saturated carbocycles. The largest absolute Gasteiger partial charge is 0.396 e. The van der Waals surface area contributed by atoms with E-state index in [0.717, 1.165) is 13.0 Å². The van der Waals surface area contributed by atoms with Crippen LogP contribution in [0, 0.1) is 5.92 Å². The molecule has 1 aliphatic rings. The third-order valence-electron chi connectivity index (χ3n) is 4.06. The van der Waals surface area contributed by atoms with E-state index < -0.39 is 0 Å². The van der Waals surface area contributed by atoms with E-state index in [-0.39, 0.29) is 5.41 Å². The number of rotatable bonds is 4. The first-order valence-electron chi connectivity index (χ1n) is 7.29. The minimum absolute atomic E-state index is 0.0737.